The lowest BCUT2D eigenvalue weighted by Gasteiger charge is -2.19. The summed E-state index contributed by atoms with van der Waals surface area (Å²) in [4.78, 5) is 9.39. The van der Waals surface area contributed by atoms with Gasteiger partial charge in [-0.25, -0.2) is 0 Å². The molecule has 0 bridgehead atoms. The van der Waals surface area contributed by atoms with Crippen molar-refractivity contribution in [1.82, 2.24) is 0 Å². The van der Waals surface area contributed by atoms with Crippen molar-refractivity contribution in [1.29, 1.82) is 5.26 Å². The second-order valence-corrected chi connectivity index (χ2v) is 4.90. The zero-order valence-electron chi connectivity index (χ0n) is 8.23. The van der Waals surface area contributed by atoms with Crippen LogP contribution in [0.1, 0.15) is 33.6 Å². The van der Waals surface area contributed by atoms with Crippen molar-refractivity contribution in [3.63, 3.8) is 0 Å². The Morgan fingerprint density at radius 1 is 1.54 bits per heavy atom. The lowest BCUT2D eigenvalue weighted by molar-refractivity contribution is 0.182. The van der Waals surface area contributed by atoms with Gasteiger partial charge in [-0.2, -0.15) is 5.26 Å². The summed E-state index contributed by atoms with van der Waals surface area (Å²) >= 11 is 0. The SMILES string of the molecule is CCC(C)OP(=O)(O)C(C#N)CC. The highest BCUT2D eigenvalue weighted by molar-refractivity contribution is 7.54. The molecule has 76 valence electrons. The normalized spacial score (nSPS) is 19.9. The van der Waals surface area contributed by atoms with Crippen LogP contribution in [-0.4, -0.2) is 16.7 Å². The zero-order chi connectivity index (χ0) is 10.5. The third-order valence-corrected chi connectivity index (χ3v) is 3.77. The lowest BCUT2D eigenvalue weighted by atomic mass is 10.3. The van der Waals surface area contributed by atoms with Gasteiger partial charge in [0.15, 0.2) is 0 Å². The molecular formula is C8H16NO3P. The summed E-state index contributed by atoms with van der Waals surface area (Å²) in [5, 5.41) is 8.59. The third-order valence-electron chi connectivity index (χ3n) is 1.84. The Labute approximate surface area is 79.1 Å². The number of rotatable bonds is 5. The van der Waals surface area contributed by atoms with Gasteiger partial charge in [-0.1, -0.05) is 13.8 Å². The summed E-state index contributed by atoms with van der Waals surface area (Å²) < 4.78 is 16.4. The van der Waals surface area contributed by atoms with Crippen LogP contribution < -0.4 is 0 Å². The maximum Gasteiger partial charge on any atom is 0.345 e. The summed E-state index contributed by atoms with van der Waals surface area (Å²) in [7, 11) is -3.74. The van der Waals surface area contributed by atoms with E-state index in [4.69, 9.17) is 9.79 Å². The topological polar surface area (TPSA) is 70.3 Å². The van der Waals surface area contributed by atoms with Crippen molar-refractivity contribution >= 4 is 7.60 Å². The van der Waals surface area contributed by atoms with Crippen LogP contribution in [0.4, 0.5) is 0 Å². The smallest absolute Gasteiger partial charge is 0.323 e. The minimum atomic E-state index is -3.74. The van der Waals surface area contributed by atoms with Gasteiger partial charge in [0, 0.05) is 0 Å². The Bertz CT molecular complexity index is 236. The van der Waals surface area contributed by atoms with Crippen LogP contribution in [-0.2, 0) is 9.09 Å². The standard InChI is InChI=1S/C8H16NO3P/c1-4-7(3)12-13(10,11)8(5-2)6-9/h7-8H,4-5H2,1-3H3,(H,10,11). The highest BCUT2D eigenvalue weighted by Gasteiger charge is 2.32. The number of nitrogens with zero attached hydrogens (tertiary/aromatic N) is 1. The first kappa shape index (κ1) is 12.6. The Morgan fingerprint density at radius 3 is 2.38 bits per heavy atom. The van der Waals surface area contributed by atoms with E-state index in [-0.39, 0.29) is 6.10 Å². The van der Waals surface area contributed by atoms with Gasteiger partial charge in [-0.15, -0.1) is 0 Å². The van der Waals surface area contributed by atoms with Crippen molar-refractivity contribution < 1.29 is 14.0 Å². The molecule has 0 radical (unpaired) electrons. The molecule has 0 aliphatic rings. The quantitative estimate of drug-likeness (QED) is 0.699. The summed E-state index contributed by atoms with van der Waals surface area (Å²) in [5.41, 5.74) is -0.901. The van der Waals surface area contributed by atoms with E-state index in [1.807, 2.05) is 6.92 Å². The minimum absolute atomic E-state index is 0.279. The molecule has 1 N–H and O–H groups in total. The Hall–Kier alpha value is -0.360. The molecule has 13 heavy (non-hydrogen) atoms. The van der Waals surface area contributed by atoms with Gasteiger partial charge < -0.3 is 9.42 Å². The fourth-order valence-corrected chi connectivity index (χ4v) is 2.22. The largest absolute Gasteiger partial charge is 0.345 e. The van der Waals surface area contributed by atoms with E-state index >= 15 is 0 Å². The molecule has 0 saturated heterocycles. The maximum atomic E-state index is 11.5. The molecule has 0 amide bonds. The molecule has 0 aromatic heterocycles. The monoisotopic (exact) mass is 205 g/mol. The molecule has 0 aromatic rings. The second-order valence-electron chi connectivity index (χ2n) is 2.94. The highest BCUT2D eigenvalue weighted by Crippen LogP contribution is 2.49. The van der Waals surface area contributed by atoms with Crippen molar-refractivity contribution in [3.05, 3.63) is 0 Å². The van der Waals surface area contributed by atoms with Crippen molar-refractivity contribution in [2.24, 2.45) is 0 Å². The zero-order valence-corrected chi connectivity index (χ0v) is 9.12. The van der Waals surface area contributed by atoms with Gasteiger partial charge in [0.05, 0.1) is 12.2 Å². The van der Waals surface area contributed by atoms with Gasteiger partial charge in [-0.05, 0) is 19.8 Å². The number of hydrogen-bond donors (Lipinski definition) is 1. The molecular weight excluding hydrogens is 189 g/mol. The average molecular weight is 205 g/mol. The average Bonchev–Trinajstić information content (AvgIpc) is 2.05. The van der Waals surface area contributed by atoms with Crippen LogP contribution in [0.2, 0.25) is 0 Å². The molecule has 0 rings (SSSR count). The van der Waals surface area contributed by atoms with E-state index in [2.05, 4.69) is 0 Å². The van der Waals surface area contributed by atoms with Crippen LogP contribution in [0.5, 0.6) is 0 Å². The predicted octanol–water partition coefficient (Wildman–Crippen LogP) is 2.29. The van der Waals surface area contributed by atoms with E-state index in [9.17, 15) is 9.46 Å². The first-order valence-electron chi connectivity index (χ1n) is 4.38. The number of nitriles is 1. The van der Waals surface area contributed by atoms with Crippen LogP contribution in [0.15, 0.2) is 0 Å². The van der Waals surface area contributed by atoms with Crippen LogP contribution >= 0.6 is 7.60 Å². The van der Waals surface area contributed by atoms with Gasteiger partial charge in [0.2, 0.25) is 0 Å². The summed E-state index contributed by atoms with van der Waals surface area (Å²) in [6.45, 7) is 5.27. The Morgan fingerprint density at radius 2 is 2.08 bits per heavy atom. The van der Waals surface area contributed by atoms with Crippen molar-refractivity contribution in [2.75, 3.05) is 0 Å². The fourth-order valence-electron chi connectivity index (χ4n) is 0.801. The van der Waals surface area contributed by atoms with Gasteiger partial charge in [0.1, 0.15) is 5.66 Å². The van der Waals surface area contributed by atoms with Gasteiger partial charge in [-0.3, -0.25) is 4.57 Å². The lowest BCUT2D eigenvalue weighted by Crippen LogP contribution is -2.12. The Kier molecular flexibility index (Phi) is 5.24. The Balaban J connectivity index is 4.39. The maximum absolute atomic E-state index is 11.5. The second kappa shape index (κ2) is 5.39. The van der Waals surface area contributed by atoms with Crippen molar-refractivity contribution in [2.45, 2.75) is 45.4 Å². The summed E-state index contributed by atoms with van der Waals surface area (Å²) in [6.07, 6.45) is 0.714. The fraction of sp³-hybridized carbons (Fsp3) is 0.875. The van der Waals surface area contributed by atoms with Crippen LogP contribution in [0, 0.1) is 11.3 Å². The van der Waals surface area contributed by atoms with E-state index in [0.717, 1.165) is 0 Å². The highest BCUT2D eigenvalue weighted by atomic mass is 31.2. The molecule has 0 aliphatic carbocycles. The molecule has 3 unspecified atom stereocenters. The molecule has 0 heterocycles. The molecule has 4 nitrogen and oxygen atoms in total. The first-order chi connectivity index (χ1) is 5.97. The first-order valence-corrected chi connectivity index (χ1v) is 6.03. The van der Waals surface area contributed by atoms with Crippen LogP contribution in [0.25, 0.3) is 0 Å². The molecule has 0 aliphatic heterocycles. The molecule has 3 atom stereocenters. The number of hydrogen-bond acceptors (Lipinski definition) is 3. The third kappa shape index (κ3) is 3.91. The summed E-state index contributed by atoms with van der Waals surface area (Å²) in [5.74, 6) is 0. The van der Waals surface area contributed by atoms with E-state index in [1.54, 1.807) is 19.9 Å². The van der Waals surface area contributed by atoms with Crippen LogP contribution in [0.3, 0.4) is 0 Å². The van der Waals surface area contributed by atoms with E-state index < -0.39 is 13.3 Å². The molecule has 0 spiro atoms. The van der Waals surface area contributed by atoms with Gasteiger partial charge >= 0.3 is 7.60 Å². The summed E-state index contributed by atoms with van der Waals surface area (Å²) in [6, 6.07) is 1.78. The van der Waals surface area contributed by atoms with Gasteiger partial charge in [0.25, 0.3) is 0 Å². The molecule has 0 saturated carbocycles. The molecule has 0 aromatic carbocycles. The minimum Gasteiger partial charge on any atom is -0.323 e. The predicted molar refractivity (Wildman–Crippen MR) is 50.4 cm³/mol. The van der Waals surface area contributed by atoms with Crippen molar-refractivity contribution in [3.8, 4) is 6.07 Å². The van der Waals surface area contributed by atoms with E-state index in [1.165, 1.54) is 0 Å². The molecule has 0 fully saturated rings. The van der Waals surface area contributed by atoms with E-state index in [0.29, 0.717) is 12.8 Å². The molecule has 5 heteroatoms.